The van der Waals surface area contributed by atoms with Crippen LogP contribution in [0.3, 0.4) is 0 Å². The van der Waals surface area contributed by atoms with Gasteiger partial charge in [-0.3, -0.25) is 25.0 Å². The molecule has 31 heavy (non-hydrogen) atoms. The predicted molar refractivity (Wildman–Crippen MR) is 108 cm³/mol. The minimum atomic E-state index is -0.764. The molecule has 2 aliphatic rings. The standard InChI is InChI=1S/C21H17ClFN3O5/c22-15-8-13(3-4-16(15)23)24-21(30)31-10-11-1-2-12-9-26(20(29)14(12)7-11)17-5-6-18(27)25-19(17)28/h1-4,7-8,17H,5-6,9-10H2,(H,24,30)(H,25,27,28). The fraction of sp³-hybridized carbons (Fsp3) is 0.238. The number of carbonyl (C=O) groups excluding carboxylic acids is 4. The Labute approximate surface area is 181 Å². The van der Waals surface area contributed by atoms with Crippen LogP contribution < -0.4 is 10.6 Å². The van der Waals surface area contributed by atoms with Gasteiger partial charge in [0.05, 0.1) is 5.02 Å². The van der Waals surface area contributed by atoms with Crippen LogP contribution in [0.15, 0.2) is 36.4 Å². The molecule has 0 bridgehead atoms. The molecule has 1 unspecified atom stereocenters. The van der Waals surface area contributed by atoms with Gasteiger partial charge in [0.1, 0.15) is 18.5 Å². The number of fused-ring (bicyclic) bond motifs is 1. The number of carbonyl (C=O) groups is 4. The second kappa shape index (κ2) is 8.35. The van der Waals surface area contributed by atoms with Crippen LogP contribution in [0.5, 0.6) is 0 Å². The van der Waals surface area contributed by atoms with Crippen LogP contribution in [-0.4, -0.2) is 34.8 Å². The van der Waals surface area contributed by atoms with Crippen molar-refractivity contribution in [2.24, 2.45) is 0 Å². The lowest BCUT2D eigenvalue weighted by Gasteiger charge is -2.29. The summed E-state index contributed by atoms with van der Waals surface area (Å²) >= 11 is 5.68. The summed E-state index contributed by atoms with van der Waals surface area (Å²) in [7, 11) is 0. The lowest BCUT2D eigenvalue weighted by atomic mass is 10.0. The molecule has 2 heterocycles. The Morgan fingerprint density at radius 3 is 2.77 bits per heavy atom. The van der Waals surface area contributed by atoms with Crippen molar-refractivity contribution in [3.8, 4) is 0 Å². The number of piperidine rings is 1. The number of ether oxygens (including phenoxy) is 1. The molecule has 160 valence electrons. The van der Waals surface area contributed by atoms with E-state index in [1.807, 2.05) is 0 Å². The van der Waals surface area contributed by atoms with Crippen LogP contribution in [0.25, 0.3) is 0 Å². The zero-order chi connectivity index (χ0) is 22.1. The fourth-order valence-electron chi connectivity index (χ4n) is 3.57. The number of anilines is 1. The number of hydrogen-bond acceptors (Lipinski definition) is 5. The van der Waals surface area contributed by atoms with Gasteiger partial charge in [0.25, 0.3) is 5.91 Å². The zero-order valence-electron chi connectivity index (χ0n) is 16.1. The summed E-state index contributed by atoms with van der Waals surface area (Å²) < 4.78 is 18.3. The van der Waals surface area contributed by atoms with Crippen molar-refractivity contribution in [1.82, 2.24) is 10.2 Å². The molecule has 0 saturated carbocycles. The van der Waals surface area contributed by atoms with Crippen molar-refractivity contribution in [2.45, 2.75) is 32.0 Å². The number of rotatable bonds is 4. The van der Waals surface area contributed by atoms with E-state index in [-0.39, 0.29) is 48.5 Å². The van der Waals surface area contributed by atoms with Crippen molar-refractivity contribution in [3.05, 3.63) is 63.9 Å². The molecule has 1 atom stereocenters. The molecule has 2 aromatic rings. The van der Waals surface area contributed by atoms with E-state index in [4.69, 9.17) is 16.3 Å². The molecule has 0 aliphatic carbocycles. The van der Waals surface area contributed by atoms with Gasteiger partial charge in [-0.2, -0.15) is 0 Å². The summed E-state index contributed by atoms with van der Waals surface area (Å²) in [4.78, 5) is 49.7. The topological polar surface area (TPSA) is 105 Å². The summed E-state index contributed by atoms with van der Waals surface area (Å²) in [5.41, 5.74) is 2.05. The molecular formula is C21H17ClFN3O5. The van der Waals surface area contributed by atoms with Gasteiger partial charge in [0.15, 0.2) is 0 Å². The highest BCUT2D eigenvalue weighted by Crippen LogP contribution is 2.28. The average Bonchev–Trinajstić information content (AvgIpc) is 3.05. The van der Waals surface area contributed by atoms with Crippen LogP contribution in [0.4, 0.5) is 14.9 Å². The summed E-state index contributed by atoms with van der Waals surface area (Å²) in [6, 6.07) is 8.13. The SMILES string of the molecule is O=C1CCC(N2Cc3ccc(COC(=O)Nc4ccc(F)c(Cl)c4)cc3C2=O)C(=O)N1. The highest BCUT2D eigenvalue weighted by Gasteiger charge is 2.39. The number of hydrogen-bond donors (Lipinski definition) is 2. The van der Waals surface area contributed by atoms with E-state index in [1.165, 1.54) is 17.0 Å². The molecule has 0 aromatic heterocycles. The third-order valence-corrected chi connectivity index (χ3v) is 5.42. The monoisotopic (exact) mass is 445 g/mol. The molecule has 4 amide bonds. The molecule has 10 heteroatoms. The lowest BCUT2D eigenvalue weighted by molar-refractivity contribution is -0.136. The first-order chi connectivity index (χ1) is 14.8. The first-order valence-corrected chi connectivity index (χ1v) is 9.85. The number of amides is 4. The van der Waals surface area contributed by atoms with Crippen LogP contribution in [0.1, 0.15) is 34.3 Å². The Bertz CT molecular complexity index is 1110. The average molecular weight is 446 g/mol. The first-order valence-electron chi connectivity index (χ1n) is 9.47. The second-order valence-electron chi connectivity index (χ2n) is 7.22. The maximum absolute atomic E-state index is 13.2. The Balaban J connectivity index is 1.38. The van der Waals surface area contributed by atoms with Crippen LogP contribution in [0, 0.1) is 5.82 Å². The van der Waals surface area contributed by atoms with Gasteiger partial charge in [-0.15, -0.1) is 0 Å². The zero-order valence-corrected chi connectivity index (χ0v) is 16.9. The third-order valence-electron chi connectivity index (χ3n) is 5.13. The van der Waals surface area contributed by atoms with Crippen LogP contribution >= 0.6 is 11.6 Å². The smallest absolute Gasteiger partial charge is 0.411 e. The molecular weight excluding hydrogens is 429 g/mol. The summed E-state index contributed by atoms with van der Waals surface area (Å²) in [6.45, 7) is 0.174. The van der Waals surface area contributed by atoms with Gasteiger partial charge >= 0.3 is 6.09 Å². The Hall–Kier alpha value is -3.46. The van der Waals surface area contributed by atoms with Gasteiger partial charge in [-0.25, -0.2) is 9.18 Å². The number of nitrogens with zero attached hydrogens (tertiary/aromatic N) is 1. The first kappa shape index (κ1) is 20.8. The fourth-order valence-corrected chi connectivity index (χ4v) is 3.75. The molecule has 8 nitrogen and oxygen atoms in total. The lowest BCUT2D eigenvalue weighted by Crippen LogP contribution is -2.52. The van der Waals surface area contributed by atoms with Gasteiger partial charge in [-0.05, 0) is 41.8 Å². The van der Waals surface area contributed by atoms with E-state index >= 15 is 0 Å². The normalized spacial score (nSPS) is 17.9. The van der Waals surface area contributed by atoms with Crippen molar-refractivity contribution >= 4 is 41.1 Å². The minimum absolute atomic E-state index is 0.0975. The maximum Gasteiger partial charge on any atom is 0.411 e. The molecule has 4 rings (SSSR count). The molecule has 1 saturated heterocycles. The second-order valence-corrected chi connectivity index (χ2v) is 7.63. The number of halogens is 2. The van der Waals surface area contributed by atoms with E-state index in [2.05, 4.69) is 10.6 Å². The van der Waals surface area contributed by atoms with Gasteiger partial charge < -0.3 is 9.64 Å². The molecule has 2 aliphatic heterocycles. The molecule has 2 aromatic carbocycles. The molecule has 0 spiro atoms. The van der Waals surface area contributed by atoms with Crippen molar-refractivity contribution < 1.29 is 28.3 Å². The van der Waals surface area contributed by atoms with Crippen molar-refractivity contribution in [1.29, 1.82) is 0 Å². The van der Waals surface area contributed by atoms with E-state index in [0.717, 1.165) is 11.6 Å². The van der Waals surface area contributed by atoms with E-state index < -0.39 is 23.9 Å². The highest BCUT2D eigenvalue weighted by molar-refractivity contribution is 6.31. The summed E-state index contributed by atoms with van der Waals surface area (Å²) in [5, 5.41) is 4.57. The largest absolute Gasteiger partial charge is 0.444 e. The third kappa shape index (κ3) is 4.36. The highest BCUT2D eigenvalue weighted by atomic mass is 35.5. The van der Waals surface area contributed by atoms with Gasteiger partial charge in [0, 0.05) is 24.2 Å². The van der Waals surface area contributed by atoms with E-state index in [0.29, 0.717) is 11.1 Å². The summed E-state index contributed by atoms with van der Waals surface area (Å²) in [6.07, 6.45) is -0.294. The maximum atomic E-state index is 13.2. The minimum Gasteiger partial charge on any atom is -0.444 e. The number of benzene rings is 2. The molecule has 2 N–H and O–H groups in total. The summed E-state index contributed by atoms with van der Waals surface area (Å²) in [5.74, 6) is -1.73. The Kier molecular flexibility index (Phi) is 5.60. The van der Waals surface area contributed by atoms with Gasteiger partial charge in [-0.1, -0.05) is 23.7 Å². The van der Waals surface area contributed by atoms with Crippen molar-refractivity contribution in [2.75, 3.05) is 5.32 Å². The molecule has 0 radical (unpaired) electrons. The predicted octanol–water partition coefficient (Wildman–Crippen LogP) is 2.99. The number of nitrogens with one attached hydrogen (secondary N) is 2. The number of imide groups is 1. The van der Waals surface area contributed by atoms with Crippen LogP contribution in [-0.2, 0) is 27.5 Å². The quantitative estimate of drug-likeness (QED) is 0.704. The Morgan fingerprint density at radius 2 is 2.03 bits per heavy atom. The molecule has 1 fully saturated rings. The van der Waals surface area contributed by atoms with E-state index in [1.54, 1.807) is 18.2 Å². The van der Waals surface area contributed by atoms with Crippen molar-refractivity contribution in [3.63, 3.8) is 0 Å². The Morgan fingerprint density at radius 1 is 1.23 bits per heavy atom. The van der Waals surface area contributed by atoms with E-state index in [9.17, 15) is 23.6 Å². The van der Waals surface area contributed by atoms with Gasteiger partial charge in [0.2, 0.25) is 11.8 Å². The van der Waals surface area contributed by atoms with Crippen LogP contribution in [0.2, 0.25) is 5.02 Å².